The van der Waals surface area contributed by atoms with Crippen LogP contribution in [0, 0.1) is 34.5 Å². The van der Waals surface area contributed by atoms with Crippen molar-refractivity contribution in [2.75, 3.05) is 0 Å². The molecule has 3 unspecified atom stereocenters. The minimum Gasteiger partial charge on any atom is -0.247 e. The molecule has 2 saturated carbocycles. The Morgan fingerprint density at radius 3 is 2.83 bits per heavy atom. The van der Waals surface area contributed by atoms with Gasteiger partial charge in [-0.3, -0.25) is 0 Å². The smallest absolute Gasteiger partial charge is 0.247 e. The molecule has 0 heterocycles. The molecule has 2 fully saturated rings. The van der Waals surface area contributed by atoms with E-state index in [1.165, 1.54) is 38.5 Å². The van der Waals surface area contributed by atoms with E-state index in [0.717, 1.165) is 24.7 Å². The molecule has 4 rings (SSSR count). The molecule has 1 radical (unpaired) electrons. The summed E-state index contributed by atoms with van der Waals surface area (Å²) in [6.45, 7) is 4.61. The first kappa shape index (κ1) is 16.4. The average Bonchev–Trinajstić information content (AvgIpc) is 2.87. The lowest BCUT2D eigenvalue weighted by atomic mass is 9.49. The summed E-state index contributed by atoms with van der Waals surface area (Å²) in [5.74, 6) is 2.05. The van der Waals surface area contributed by atoms with Crippen LogP contribution in [-0.2, 0) is 9.90 Å². The van der Waals surface area contributed by atoms with Crippen molar-refractivity contribution in [2.45, 2.75) is 71.6 Å². The van der Waals surface area contributed by atoms with Gasteiger partial charge in [0.15, 0.2) is 0 Å². The molecular formula is C22H31O2. The topological polar surface area (TPSA) is 37.0 Å². The number of hydrogen-bond donors (Lipinski definition) is 0. The number of carbonyl (C=O) groups is 1. The van der Waals surface area contributed by atoms with Gasteiger partial charge in [-0.05, 0) is 91.4 Å². The van der Waals surface area contributed by atoms with E-state index in [2.05, 4.69) is 32.1 Å². The summed E-state index contributed by atoms with van der Waals surface area (Å²) in [6.07, 6.45) is 17.3. The van der Waals surface area contributed by atoms with E-state index < -0.39 is 5.97 Å². The summed E-state index contributed by atoms with van der Waals surface area (Å²) < 4.78 is 0. The molecule has 0 aromatic heterocycles. The average molecular weight is 327 g/mol. The van der Waals surface area contributed by atoms with E-state index in [-0.39, 0.29) is 17.3 Å². The summed E-state index contributed by atoms with van der Waals surface area (Å²) in [4.78, 5) is 11.5. The zero-order chi connectivity index (χ0) is 16.9. The molecule has 0 N–H and O–H groups in total. The molecule has 0 aliphatic heterocycles. The molecule has 0 amide bonds. The molecule has 4 aliphatic rings. The molecule has 0 spiro atoms. The predicted molar refractivity (Wildman–Crippen MR) is 94.6 cm³/mol. The van der Waals surface area contributed by atoms with Gasteiger partial charge in [-0.25, -0.2) is 9.90 Å². The summed E-state index contributed by atoms with van der Waals surface area (Å²) in [7, 11) is 0. The lowest BCUT2D eigenvalue weighted by molar-refractivity contribution is -0.150. The first-order chi connectivity index (χ1) is 11.5. The summed E-state index contributed by atoms with van der Waals surface area (Å²) in [5.41, 5.74) is 1.72. The Labute approximate surface area is 146 Å². The maximum Gasteiger partial charge on any atom is 0.356 e. The van der Waals surface area contributed by atoms with Crippen LogP contribution < -0.4 is 0 Å². The molecule has 0 saturated heterocycles. The number of carbonyl (C=O) groups excluding carboxylic acids is 1. The number of fused-ring (bicyclic) bond motifs is 5. The Morgan fingerprint density at radius 2 is 2.08 bits per heavy atom. The maximum atomic E-state index is 11.5. The fourth-order valence-corrected chi connectivity index (χ4v) is 7.27. The van der Waals surface area contributed by atoms with Crippen molar-refractivity contribution in [1.29, 1.82) is 0 Å². The first-order valence-corrected chi connectivity index (χ1v) is 10.1. The van der Waals surface area contributed by atoms with Gasteiger partial charge in [0.2, 0.25) is 0 Å². The van der Waals surface area contributed by atoms with Gasteiger partial charge in [-0.15, -0.1) is 0 Å². The molecule has 131 valence electrons. The van der Waals surface area contributed by atoms with Gasteiger partial charge in [-0.2, -0.15) is 0 Å². The fourth-order valence-electron chi connectivity index (χ4n) is 7.27. The van der Waals surface area contributed by atoms with Crippen molar-refractivity contribution in [3.05, 3.63) is 23.8 Å². The van der Waals surface area contributed by atoms with Crippen LogP contribution in [-0.4, -0.2) is 5.97 Å². The van der Waals surface area contributed by atoms with Crippen LogP contribution in [0.25, 0.3) is 0 Å². The van der Waals surface area contributed by atoms with Crippen LogP contribution in [0.2, 0.25) is 0 Å². The molecule has 0 aromatic carbocycles. The predicted octanol–water partition coefficient (Wildman–Crippen LogP) is 5.47. The Kier molecular flexibility index (Phi) is 3.93. The fraction of sp³-hybridized carbons (Fsp3) is 0.773. The van der Waals surface area contributed by atoms with E-state index in [9.17, 15) is 9.90 Å². The Bertz CT molecular complexity index is 589. The van der Waals surface area contributed by atoms with Gasteiger partial charge in [0.25, 0.3) is 0 Å². The van der Waals surface area contributed by atoms with Crippen LogP contribution in [0.5, 0.6) is 0 Å². The van der Waals surface area contributed by atoms with E-state index in [1.54, 1.807) is 5.57 Å². The van der Waals surface area contributed by atoms with E-state index in [0.29, 0.717) is 11.8 Å². The van der Waals surface area contributed by atoms with Crippen LogP contribution in [0.15, 0.2) is 23.8 Å². The van der Waals surface area contributed by atoms with Gasteiger partial charge >= 0.3 is 5.97 Å². The van der Waals surface area contributed by atoms with Crippen LogP contribution in [0.3, 0.4) is 0 Å². The number of hydrogen-bond acceptors (Lipinski definition) is 1. The van der Waals surface area contributed by atoms with Crippen LogP contribution >= 0.6 is 0 Å². The molecule has 0 aromatic rings. The summed E-state index contributed by atoms with van der Waals surface area (Å²) >= 11 is 0. The second-order valence-corrected chi connectivity index (χ2v) is 9.13. The third-order valence-corrected chi connectivity index (χ3v) is 8.63. The van der Waals surface area contributed by atoms with Crippen molar-refractivity contribution in [3.63, 3.8) is 0 Å². The Morgan fingerprint density at radius 1 is 1.25 bits per heavy atom. The van der Waals surface area contributed by atoms with Crippen molar-refractivity contribution >= 4 is 5.97 Å². The third-order valence-electron chi connectivity index (χ3n) is 8.63. The molecule has 2 heteroatoms. The first-order valence-electron chi connectivity index (χ1n) is 10.1. The third kappa shape index (κ3) is 2.17. The highest BCUT2D eigenvalue weighted by molar-refractivity contribution is 5.67. The Hall–Kier alpha value is -1.05. The van der Waals surface area contributed by atoms with Crippen LogP contribution in [0.4, 0.5) is 0 Å². The molecule has 6 atom stereocenters. The summed E-state index contributed by atoms with van der Waals surface area (Å²) in [5, 5.41) is 11.5. The molecular weight excluding hydrogens is 296 g/mol. The lowest BCUT2D eigenvalue weighted by Gasteiger charge is -2.55. The minimum atomic E-state index is -0.850. The van der Waals surface area contributed by atoms with Crippen molar-refractivity contribution in [3.8, 4) is 0 Å². The minimum absolute atomic E-state index is 0.0437. The van der Waals surface area contributed by atoms with Crippen molar-refractivity contribution < 1.29 is 9.90 Å². The Balaban J connectivity index is 1.68. The second kappa shape index (κ2) is 5.75. The van der Waals surface area contributed by atoms with Gasteiger partial charge < -0.3 is 0 Å². The zero-order valence-corrected chi connectivity index (χ0v) is 15.2. The lowest BCUT2D eigenvalue weighted by Crippen LogP contribution is -2.49. The van der Waals surface area contributed by atoms with Crippen molar-refractivity contribution in [1.82, 2.24) is 0 Å². The monoisotopic (exact) mass is 327 g/mol. The maximum absolute atomic E-state index is 11.5. The molecule has 4 aliphatic carbocycles. The quantitative estimate of drug-likeness (QED) is 0.677. The largest absolute Gasteiger partial charge is 0.356 e. The van der Waals surface area contributed by atoms with E-state index in [1.807, 2.05) is 0 Å². The van der Waals surface area contributed by atoms with Gasteiger partial charge in [0.05, 0.1) is 6.42 Å². The highest BCUT2D eigenvalue weighted by Gasteiger charge is 2.61. The molecule has 2 nitrogen and oxygen atoms in total. The van der Waals surface area contributed by atoms with Gasteiger partial charge in [-0.1, -0.05) is 32.1 Å². The van der Waals surface area contributed by atoms with E-state index in [4.69, 9.17) is 0 Å². The number of rotatable bonds is 3. The van der Waals surface area contributed by atoms with Gasteiger partial charge in [0.1, 0.15) is 0 Å². The highest BCUT2D eigenvalue weighted by Crippen LogP contribution is 2.69. The van der Waals surface area contributed by atoms with Crippen LogP contribution in [0.1, 0.15) is 71.6 Å². The normalized spacial score (nSPS) is 46.7. The second-order valence-electron chi connectivity index (χ2n) is 9.13. The highest BCUT2D eigenvalue weighted by atomic mass is 16.4. The van der Waals surface area contributed by atoms with Gasteiger partial charge in [0, 0.05) is 0 Å². The SMILES string of the molecule is CC[C@]1(CC([O])=O)CCC2C3C=CC4=CCCC[C@@H]4C3CC[C@@]21C. The number of allylic oxidation sites excluding steroid dienone is 4. The zero-order valence-electron chi connectivity index (χ0n) is 15.2. The standard InChI is InChI=1S/C22H31O2/c1-3-22(14-20(23)24)13-11-19-18-9-8-15-6-4-5-7-16(15)17(18)10-12-21(19,22)2/h6,8-9,16-19H,3-5,7,10-14H2,1-2H3/t16-,17?,18?,19?,21-,22+/m0/s1. The molecule has 24 heavy (non-hydrogen) atoms. The summed E-state index contributed by atoms with van der Waals surface area (Å²) in [6, 6.07) is 0. The molecule has 0 bridgehead atoms. The van der Waals surface area contributed by atoms with E-state index >= 15 is 0 Å². The van der Waals surface area contributed by atoms with Crippen molar-refractivity contribution in [2.24, 2.45) is 34.5 Å².